The highest BCUT2D eigenvalue weighted by Crippen LogP contribution is 2.31. The standard InChI is InChI=1S/C11H15NO/c1-8-6-12-7-9-4-3-5-10(13-2)11(8)9/h3-5,8,12H,6-7H2,1-2H3. The summed E-state index contributed by atoms with van der Waals surface area (Å²) in [7, 11) is 1.74. The molecule has 0 saturated carbocycles. The molecular weight excluding hydrogens is 162 g/mol. The van der Waals surface area contributed by atoms with E-state index in [1.807, 2.05) is 6.07 Å². The molecule has 70 valence electrons. The Labute approximate surface area is 78.9 Å². The molecular formula is C11H15NO. The van der Waals surface area contributed by atoms with Gasteiger partial charge in [-0.2, -0.15) is 0 Å². The second-order valence-corrected chi connectivity index (χ2v) is 3.57. The van der Waals surface area contributed by atoms with Crippen molar-refractivity contribution in [3.05, 3.63) is 29.3 Å². The van der Waals surface area contributed by atoms with Gasteiger partial charge in [-0.1, -0.05) is 19.1 Å². The number of hydrogen-bond acceptors (Lipinski definition) is 2. The van der Waals surface area contributed by atoms with Crippen molar-refractivity contribution in [3.8, 4) is 5.75 Å². The van der Waals surface area contributed by atoms with Crippen LogP contribution >= 0.6 is 0 Å². The van der Waals surface area contributed by atoms with E-state index in [1.165, 1.54) is 11.1 Å². The SMILES string of the molecule is COc1cccc2c1C(C)CNC2. The zero-order valence-electron chi connectivity index (χ0n) is 8.13. The zero-order valence-corrected chi connectivity index (χ0v) is 8.13. The third-order valence-electron chi connectivity index (χ3n) is 2.64. The Kier molecular flexibility index (Phi) is 2.23. The van der Waals surface area contributed by atoms with Crippen LogP contribution in [0.5, 0.6) is 5.75 Å². The Balaban J connectivity index is 2.50. The molecule has 0 fully saturated rings. The average Bonchev–Trinajstić information content (AvgIpc) is 2.17. The van der Waals surface area contributed by atoms with Gasteiger partial charge in [0.25, 0.3) is 0 Å². The van der Waals surface area contributed by atoms with Gasteiger partial charge in [-0.3, -0.25) is 0 Å². The predicted molar refractivity (Wildman–Crippen MR) is 53.1 cm³/mol. The van der Waals surface area contributed by atoms with Crippen LogP contribution in [0.1, 0.15) is 24.0 Å². The Hall–Kier alpha value is -1.02. The van der Waals surface area contributed by atoms with Gasteiger partial charge in [-0.05, 0) is 17.5 Å². The molecule has 0 aliphatic carbocycles. The third-order valence-corrected chi connectivity index (χ3v) is 2.64. The summed E-state index contributed by atoms with van der Waals surface area (Å²) in [6, 6.07) is 6.26. The highest BCUT2D eigenvalue weighted by atomic mass is 16.5. The van der Waals surface area contributed by atoms with Gasteiger partial charge in [-0.25, -0.2) is 0 Å². The van der Waals surface area contributed by atoms with E-state index in [1.54, 1.807) is 7.11 Å². The van der Waals surface area contributed by atoms with Crippen LogP contribution in [0.15, 0.2) is 18.2 Å². The van der Waals surface area contributed by atoms with Crippen LogP contribution in [0, 0.1) is 0 Å². The van der Waals surface area contributed by atoms with Gasteiger partial charge in [0.15, 0.2) is 0 Å². The van der Waals surface area contributed by atoms with Crippen LogP contribution in [0.25, 0.3) is 0 Å². The molecule has 1 heterocycles. The van der Waals surface area contributed by atoms with Gasteiger partial charge >= 0.3 is 0 Å². The molecule has 1 N–H and O–H groups in total. The Morgan fingerprint density at radius 2 is 2.31 bits per heavy atom. The monoisotopic (exact) mass is 177 g/mol. The molecule has 1 aliphatic heterocycles. The minimum atomic E-state index is 0.555. The van der Waals surface area contributed by atoms with Crippen LogP contribution in [0.2, 0.25) is 0 Å². The lowest BCUT2D eigenvalue weighted by Gasteiger charge is -2.25. The van der Waals surface area contributed by atoms with Crippen LogP contribution in [0.4, 0.5) is 0 Å². The topological polar surface area (TPSA) is 21.3 Å². The lowest BCUT2D eigenvalue weighted by Crippen LogP contribution is -2.26. The Morgan fingerprint density at radius 3 is 3.08 bits per heavy atom. The Morgan fingerprint density at radius 1 is 1.46 bits per heavy atom. The maximum absolute atomic E-state index is 5.36. The molecule has 2 nitrogen and oxygen atoms in total. The molecule has 0 radical (unpaired) electrons. The number of fused-ring (bicyclic) bond motifs is 1. The number of hydrogen-bond donors (Lipinski definition) is 1. The lowest BCUT2D eigenvalue weighted by molar-refractivity contribution is 0.400. The van der Waals surface area contributed by atoms with E-state index in [0.717, 1.165) is 18.8 Å². The van der Waals surface area contributed by atoms with Crippen LogP contribution < -0.4 is 10.1 Å². The zero-order chi connectivity index (χ0) is 9.26. The molecule has 0 aromatic heterocycles. The Bertz CT molecular complexity index is 295. The molecule has 0 amide bonds. The first-order valence-electron chi connectivity index (χ1n) is 4.69. The number of benzene rings is 1. The molecule has 2 heteroatoms. The summed E-state index contributed by atoms with van der Waals surface area (Å²) in [5.41, 5.74) is 2.75. The van der Waals surface area contributed by atoms with Gasteiger partial charge in [0.2, 0.25) is 0 Å². The van der Waals surface area contributed by atoms with Gasteiger partial charge in [-0.15, -0.1) is 0 Å². The van der Waals surface area contributed by atoms with E-state index >= 15 is 0 Å². The summed E-state index contributed by atoms with van der Waals surface area (Å²) in [6.45, 7) is 4.25. The first-order valence-corrected chi connectivity index (χ1v) is 4.69. The van der Waals surface area contributed by atoms with Crippen LogP contribution in [-0.4, -0.2) is 13.7 Å². The second kappa shape index (κ2) is 3.38. The summed E-state index contributed by atoms with van der Waals surface area (Å²) in [5, 5.41) is 3.39. The normalized spacial score (nSPS) is 20.9. The van der Waals surface area contributed by atoms with E-state index in [2.05, 4.69) is 24.4 Å². The summed E-state index contributed by atoms with van der Waals surface area (Å²) < 4.78 is 5.36. The smallest absolute Gasteiger partial charge is 0.122 e. The van der Waals surface area contributed by atoms with E-state index in [9.17, 15) is 0 Å². The van der Waals surface area contributed by atoms with E-state index in [4.69, 9.17) is 4.74 Å². The molecule has 0 spiro atoms. The van der Waals surface area contributed by atoms with Gasteiger partial charge < -0.3 is 10.1 Å². The van der Waals surface area contributed by atoms with E-state index < -0.39 is 0 Å². The quantitative estimate of drug-likeness (QED) is 0.707. The largest absolute Gasteiger partial charge is 0.496 e. The van der Waals surface area contributed by atoms with Crippen LogP contribution in [0.3, 0.4) is 0 Å². The maximum Gasteiger partial charge on any atom is 0.122 e. The summed E-state index contributed by atoms with van der Waals surface area (Å²) in [6.07, 6.45) is 0. The fraction of sp³-hybridized carbons (Fsp3) is 0.455. The van der Waals surface area contributed by atoms with Crippen molar-refractivity contribution in [1.82, 2.24) is 5.32 Å². The molecule has 1 atom stereocenters. The molecule has 0 saturated heterocycles. The van der Waals surface area contributed by atoms with Crippen molar-refractivity contribution in [1.29, 1.82) is 0 Å². The van der Waals surface area contributed by atoms with Crippen molar-refractivity contribution >= 4 is 0 Å². The van der Waals surface area contributed by atoms with E-state index in [-0.39, 0.29) is 0 Å². The van der Waals surface area contributed by atoms with Gasteiger partial charge in [0, 0.05) is 18.7 Å². The number of rotatable bonds is 1. The minimum absolute atomic E-state index is 0.555. The molecule has 1 aliphatic rings. The van der Waals surface area contributed by atoms with Crippen LogP contribution in [-0.2, 0) is 6.54 Å². The van der Waals surface area contributed by atoms with Crippen molar-refractivity contribution in [2.24, 2.45) is 0 Å². The molecule has 1 aromatic rings. The third kappa shape index (κ3) is 1.42. The first kappa shape index (κ1) is 8.57. The molecule has 1 unspecified atom stereocenters. The number of nitrogens with one attached hydrogen (secondary N) is 1. The number of methoxy groups -OCH3 is 1. The van der Waals surface area contributed by atoms with Crippen molar-refractivity contribution in [3.63, 3.8) is 0 Å². The van der Waals surface area contributed by atoms with E-state index in [0.29, 0.717) is 5.92 Å². The molecule has 1 aromatic carbocycles. The van der Waals surface area contributed by atoms with Crippen molar-refractivity contribution in [2.75, 3.05) is 13.7 Å². The fourth-order valence-corrected chi connectivity index (χ4v) is 2.01. The summed E-state index contributed by atoms with van der Waals surface area (Å²) in [5.74, 6) is 1.59. The summed E-state index contributed by atoms with van der Waals surface area (Å²) >= 11 is 0. The fourth-order valence-electron chi connectivity index (χ4n) is 2.01. The van der Waals surface area contributed by atoms with Gasteiger partial charge in [0.05, 0.1) is 7.11 Å². The minimum Gasteiger partial charge on any atom is -0.496 e. The molecule has 13 heavy (non-hydrogen) atoms. The van der Waals surface area contributed by atoms with Crippen molar-refractivity contribution in [2.45, 2.75) is 19.4 Å². The molecule has 2 rings (SSSR count). The van der Waals surface area contributed by atoms with Crippen molar-refractivity contribution < 1.29 is 4.74 Å². The highest BCUT2D eigenvalue weighted by Gasteiger charge is 2.19. The average molecular weight is 177 g/mol. The molecule has 0 bridgehead atoms. The predicted octanol–water partition coefficient (Wildman–Crippen LogP) is 1.90. The lowest BCUT2D eigenvalue weighted by atomic mass is 9.91. The van der Waals surface area contributed by atoms with Gasteiger partial charge in [0.1, 0.15) is 5.75 Å². The first-order chi connectivity index (χ1) is 6.33. The second-order valence-electron chi connectivity index (χ2n) is 3.57. The summed E-state index contributed by atoms with van der Waals surface area (Å²) in [4.78, 5) is 0. The number of ether oxygens (including phenoxy) is 1. The highest BCUT2D eigenvalue weighted by molar-refractivity contribution is 5.44. The maximum atomic E-state index is 5.36.